The van der Waals surface area contributed by atoms with E-state index in [1.54, 1.807) is 6.07 Å². The molecule has 1 amide bonds. The number of nitrogens with two attached hydrogens (primary N) is 1. The van der Waals surface area contributed by atoms with Crippen LogP contribution in [0.2, 0.25) is 0 Å². The number of aliphatic hydroxyl groups is 3. The smallest absolute Gasteiger partial charge is 0.305 e. The van der Waals surface area contributed by atoms with Crippen LogP contribution in [0.15, 0.2) is 41.4 Å². The number of benzene rings is 1. The minimum Gasteiger partial charge on any atom is -0.508 e. The first-order chi connectivity index (χ1) is 15.5. The maximum Gasteiger partial charge on any atom is 0.305 e. The quantitative estimate of drug-likeness (QED) is 0.336. The van der Waals surface area contributed by atoms with Crippen molar-refractivity contribution in [3.8, 4) is 5.75 Å². The number of carbonyl (C=O) groups is 3. The Kier molecular flexibility index (Phi) is 5.32. The van der Waals surface area contributed by atoms with Gasteiger partial charge in [-0.1, -0.05) is 12.6 Å². The lowest BCUT2D eigenvalue weighted by Gasteiger charge is -2.47. The Bertz CT molecular complexity index is 1180. The average molecular weight is 455 g/mol. The number of aromatic hydroxyl groups is 1. The lowest BCUT2D eigenvalue weighted by Crippen LogP contribution is -2.53. The van der Waals surface area contributed by atoms with Gasteiger partial charge in [0.05, 0.1) is 7.11 Å². The fourth-order valence-corrected chi connectivity index (χ4v) is 5.44. The van der Waals surface area contributed by atoms with Crippen LogP contribution in [0.5, 0.6) is 5.75 Å². The molecule has 0 unspecified atom stereocenters. The molecule has 1 aromatic carbocycles. The predicted molar refractivity (Wildman–Crippen MR) is 116 cm³/mol. The van der Waals surface area contributed by atoms with Crippen molar-refractivity contribution in [3.63, 3.8) is 0 Å². The van der Waals surface area contributed by atoms with Crippen LogP contribution in [0.1, 0.15) is 36.0 Å². The third-order valence-corrected chi connectivity index (χ3v) is 7.03. The third kappa shape index (κ3) is 3.22. The monoisotopic (exact) mass is 455 g/mol. The number of ether oxygens (including phenoxy) is 1. The summed E-state index contributed by atoms with van der Waals surface area (Å²) in [5, 5.41) is 43.7. The Morgan fingerprint density at radius 2 is 1.91 bits per heavy atom. The summed E-state index contributed by atoms with van der Waals surface area (Å²) in [7, 11) is 1.30. The van der Waals surface area contributed by atoms with Gasteiger partial charge < -0.3 is 30.9 Å². The number of amides is 1. The number of fused-ring (bicyclic) bond motifs is 3. The molecule has 0 spiro atoms. The summed E-state index contributed by atoms with van der Waals surface area (Å²) >= 11 is 0. The molecule has 0 heterocycles. The number of carbonyl (C=O) groups excluding carboxylic acids is 3. The van der Waals surface area contributed by atoms with Gasteiger partial charge in [-0.3, -0.25) is 14.4 Å². The second-order valence-electron chi connectivity index (χ2n) is 8.73. The largest absolute Gasteiger partial charge is 0.508 e. The number of methoxy groups -OCH3 is 1. The van der Waals surface area contributed by atoms with Crippen molar-refractivity contribution < 1.29 is 39.5 Å². The molecule has 6 N–H and O–H groups in total. The summed E-state index contributed by atoms with van der Waals surface area (Å²) in [6, 6.07) is 3.19. The lowest BCUT2D eigenvalue weighted by molar-refractivity contribution is -0.140. The number of rotatable bonds is 4. The van der Waals surface area contributed by atoms with E-state index in [4.69, 9.17) is 10.5 Å². The van der Waals surface area contributed by atoms with E-state index in [0.717, 1.165) is 11.1 Å². The van der Waals surface area contributed by atoms with Crippen molar-refractivity contribution in [3.05, 3.63) is 58.1 Å². The molecule has 33 heavy (non-hydrogen) atoms. The summed E-state index contributed by atoms with van der Waals surface area (Å²) in [6.45, 7) is 4.03. The normalized spacial score (nSPS) is 26.5. The number of aryl methyl sites for hydroxylation is 1. The highest BCUT2D eigenvalue weighted by atomic mass is 16.5. The number of allylic oxidation sites excluding steroid dienone is 2. The first-order valence-electron chi connectivity index (χ1n) is 10.5. The van der Waals surface area contributed by atoms with E-state index in [1.807, 2.05) is 0 Å². The zero-order valence-corrected chi connectivity index (χ0v) is 18.1. The maximum absolute atomic E-state index is 12.4. The number of phenols is 1. The number of hydrogen-bond acceptors (Lipinski definition) is 8. The Labute approximate surface area is 189 Å². The summed E-state index contributed by atoms with van der Waals surface area (Å²) < 4.78 is 4.71. The Hall–Kier alpha value is -3.59. The number of primary amides is 1. The minimum atomic E-state index is -2.36. The number of ketones is 1. The Morgan fingerprint density at radius 3 is 2.55 bits per heavy atom. The molecule has 0 aliphatic heterocycles. The number of esters is 1. The molecular weight excluding hydrogens is 430 g/mol. The topological polar surface area (TPSA) is 167 Å². The second kappa shape index (κ2) is 7.77. The maximum atomic E-state index is 12.4. The molecule has 0 fully saturated rings. The first-order valence-corrected chi connectivity index (χ1v) is 10.5. The number of hydrogen-bond donors (Lipinski definition) is 5. The van der Waals surface area contributed by atoms with Gasteiger partial charge in [0.15, 0.2) is 11.4 Å². The fourth-order valence-electron chi connectivity index (χ4n) is 5.44. The molecule has 0 radical (unpaired) electrons. The summed E-state index contributed by atoms with van der Waals surface area (Å²) in [5.74, 6) is -5.17. The van der Waals surface area contributed by atoms with Crippen LogP contribution in [0, 0.1) is 11.8 Å². The summed E-state index contributed by atoms with van der Waals surface area (Å²) in [4.78, 5) is 35.8. The van der Waals surface area contributed by atoms with Crippen LogP contribution in [0.3, 0.4) is 0 Å². The predicted octanol–water partition coefficient (Wildman–Crippen LogP) is 1.52. The molecule has 9 heteroatoms. The van der Waals surface area contributed by atoms with E-state index in [0.29, 0.717) is 18.4 Å². The van der Waals surface area contributed by atoms with Gasteiger partial charge in [-0.25, -0.2) is 0 Å². The molecular formula is C24H25NO8. The molecule has 9 nitrogen and oxygen atoms in total. The van der Waals surface area contributed by atoms with Gasteiger partial charge in [-0.15, -0.1) is 0 Å². The Morgan fingerprint density at radius 1 is 1.21 bits per heavy atom. The second-order valence-corrected chi connectivity index (χ2v) is 8.73. The van der Waals surface area contributed by atoms with Crippen LogP contribution in [0.25, 0.3) is 5.57 Å². The summed E-state index contributed by atoms with van der Waals surface area (Å²) in [6.07, 6.45) is 0.804. The standard InChI is InChI=1S/C24H25NO8/c1-10-18-12(8-14-11(4-6-17(28)33-2)3-5-15(26)19(10)14)7-13-9-16(27)20(23(25)31)22(30)24(13,32)21(18)29/h3,5,12-13,26,29-30,32H,1,4,6-9H2,2H3,(H2,25,31)/t12-,13+,24+/m1/s1. The minimum absolute atomic E-state index is 0.0823. The SMILES string of the molecule is C=C1C2=C(O)[C@]3(O)C(O)=C(C(N)=O)C(=O)C[C@@H]3C[C@@H]2Cc2c(CCC(=O)OC)ccc(O)c21. The lowest BCUT2D eigenvalue weighted by atomic mass is 9.60. The van der Waals surface area contributed by atoms with Crippen LogP contribution in [-0.2, 0) is 32.0 Å². The number of aliphatic hydroxyl groups excluding tert-OH is 2. The van der Waals surface area contributed by atoms with Crippen LogP contribution in [0.4, 0.5) is 0 Å². The van der Waals surface area contributed by atoms with E-state index >= 15 is 0 Å². The molecule has 0 saturated heterocycles. The highest BCUT2D eigenvalue weighted by molar-refractivity contribution is 6.20. The highest BCUT2D eigenvalue weighted by Crippen LogP contribution is 2.55. The molecule has 0 saturated carbocycles. The van der Waals surface area contributed by atoms with Gasteiger partial charge in [-0.2, -0.15) is 0 Å². The van der Waals surface area contributed by atoms with Gasteiger partial charge in [0.1, 0.15) is 22.8 Å². The highest BCUT2D eigenvalue weighted by Gasteiger charge is 2.57. The van der Waals surface area contributed by atoms with Crippen molar-refractivity contribution in [2.24, 2.45) is 17.6 Å². The van der Waals surface area contributed by atoms with Crippen molar-refractivity contribution in [2.75, 3.05) is 7.11 Å². The van der Waals surface area contributed by atoms with Crippen molar-refractivity contribution in [2.45, 2.75) is 37.7 Å². The van der Waals surface area contributed by atoms with Gasteiger partial charge in [0, 0.05) is 29.9 Å². The van der Waals surface area contributed by atoms with Crippen molar-refractivity contribution >= 4 is 23.2 Å². The molecule has 1 aromatic rings. The number of Topliss-reactive ketones (excluding diaryl/α,β-unsaturated/α-hetero) is 1. The van der Waals surface area contributed by atoms with Crippen molar-refractivity contribution in [1.29, 1.82) is 0 Å². The zero-order valence-electron chi connectivity index (χ0n) is 18.1. The Balaban J connectivity index is 1.85. The van der Waals surface area contributed by atoms with E-state index in [-0.39, 0.29) is 48.0 Å². The number of phenolic OH excluding ortho intramolecular Hbond substituents is 1. The third-order valence-electron chi connectivity index (χ3n) is 7.03. The summed E-state index contributed by atoms with van der Waals surface area (Å²) in [5.41, 5.74) is 4.59. The van der Waals surface area contributed by atoms with Gasteiger partial charge in [0.2, 0.25) is 0 Å². The van der Waals surface area contributed by atoms with E-state index < -0.39 is 40.3 Å². The van der Waals surface area contributed by atoms with Crippen LogP contribution < -0.4 is 5.73 Å². The molecule has 4 rings (SSSR count). The molecule has 0 bridgehead atoms. The molecule has 3 aliphatic carbocycles. The van der Waals surface area contributed by atoms with E-state index in [1.165, 1.54) is 13.2 Å². The average Bonchev–Trinajstić information content (AvgIpc) is 2.75. The van der Waals surface area contributed by atoms with Gasteiger partial charge in [0.25, 0.3) is 5.91 Å². The molecule has 3 aliphatic rings. The van der Waals surface area contributed by atoms with Crippen LogP contribution >= 0.6 is 0 Å². The van der Waals surface area contributed by atoms with E-state index in [2.05, 4.69) is 6.58 Å². The van der Waals surface area contributed by atoms with Gasteiger partial charge in [-0.05, 0) is 47.9 Å². The first kappa shape index (κ1) is 22.6. The van der Waals surface area contributed by atoms with Crippen LogP contribution in [-0.4, -0.2) is 50.8 Å². The fraction of sp³-hybridized carbons (Fsp3) is 0.375. The molecule has 0 aromatic heterocycles. The molecule has 174 valence electrons. The van der Waals surface area contributed by atoms with Gasteiger partial charge >= 0.3 is 5.97 Å². The van der Waals surface area contributed by atoms with Crippen molar-refractivity contribution in [1.82, 2.24) is 0 Å². The molecule has 3 atom stereocenters. The van der Waals surface area contributed by atoms with E-state index in [9.17, 15) is 34.8 Å². The zero-order chi connectivity index (χ0) is 24.2.